The molecule has 0 aliphatic carbocycles. The minimum absolute atomic E-state index is 0.131. The zero-order valence-corrected chi connectivity index (χ0v) is 17.9. The third-order valence-corrected chi connectivity index (χ3v) is 8.14. The van der Waals surface area contributed by atoms with Gasteiger partial charge in [-0.15, -0.1) is 0 Å². The van der Waals surface area contributed by atoms with Gasteiger partial charge in [-0.2, -0.15) is 4.31 Å². The minimum Gasteiger partial charge on any atom is -0.309 e. The third kappa shape index (κ3) is 3.83. The lowest BCUT2D eigenvalue weighted by Gasteiger charge is -2.39. The zero-order valence-electron chi connectivity index (χ0n) is 17.0. The van der Waals surface area contributed by atoms with Crippen molar-refractivity contribution >= 4 is 21.6 Å². The highest BCUT2D eigenvalue weighted by molar-refractivity contribution is 7.89. The first-order chi connectivity index (χ1) is 13.9. The van der Waals surface area contributed by atoms with Gasteiger partial charge in [0, 0.05) is 30.7 Å². The summed E-state index contributed by atoms with van der Waals surface area (Å²) in [6.07, 6.45) is 3.09. The van der Waals surface area contributed by atoms with E-state index < -0.39 is 10.0 Å². The molecule has 0 radical (unpaired) electrons. The van der Waals surface area contributed by atoms with Crippen LogP contribution in [-0.2, 0) is 21.2 Å². The predicted octanol–water partition coefficient (Wildman–Crippen LogP) is 3.76. The molecule has 1 saturated heterocycles. The molecule has 2 heterocycles. The molecule has 1 amide bonds. The molecule has 0 aromatic heterocycles. The van der Waals surface area contributed by atoms with Crippen LogP contribution < -0.4 is 4.90 Å². The molecule has 2 aliphatic rings. The van der Waals surface area contributed by atoms with Gasteiger partial charge in [0.05, 0.1) is 4.90 Å². The Morgan fingerprint density at radius 3 is 2.31 bits per heavy atom. The van der Waals surface area contributed by atoms with Gasteiger partial charge >= 0.3 is 0 Å². The van der Waals surface area contributed by atoms with Crippen molar-refractivity contribution in [2.45, 2.75) is 50.5 Å². The van der Waals surface area contributed by atoms with Crippen molar-refractivity contribution in [1.29, 1.82) is 0 Å². The first-order valence-electron chi connectivity index (χ1n) is 10.4. The molecular weight excluding hydrogens is 384 g/mol. The van der Waals surface area contributed by atoms with E-state index >= 15 is 0 Å². The van der Waals surface area contributed by atoms with Crippen molar-refractivity contribution in [3.63, 3.8) is 0 Å². The Kier molecular flexibility index (Phi) is 5.49. The molecule has 1 unspecified atom stereocenters. The maximum absolute atomic E-state index is 13.3. The number of amides is 1. The van der Waals surface area contributed by atoms with Crippen LogP contribution in [0.5, 0.6) is 0 Å². The highest BCUT2D eigenvalue weighted by Gasteiger charge is 2.37. The molecule has 0 spiro atoms. The van der Waals surface area contributed by atoms with Crippen LogP contribution in [-0.4, -0.2) is 37.8 Å². The summed E-state index contributed by atoms with van der Waals surface area (Å²) in [5, 5.41) is 0. The lowest BCUT2D eigenvalue weighted by Crippen LogP contribution is -2.48. The lowest BCUT2D eigenvalue weighted by molar-refractivity contribution is -0.124. The number of anilines is 1. The maximum Gasteiger partial charge on any atom is 0.243 e. The van der Waals surface area contributed by atoms with E-state index in [4.69, 9.17) is 0 Å². The van der Waals surface area contributed by atoms with E-state index in [-0.39, 0.29) is 17.9 Å². The number of nitrogens with zero attached hydrogens (tertiary/aromatic N) is 2. The number of carbonyl (C=O) groups excluding carboxylic acids is 1. The first kappa shape index (κ1) is 20.1. The molecule has 0 saturated carbocycles. The summed E-state index contributed by atoms with van der Waals surface area (Å²) in [5.74, 6) is 0.00473. The number of hydrogen-bond acceptors (Lipinski definition) is 3. The summed E-state index contributed by atoms with van der Waals surface area (Å²) < 4.78 is 27.4. The largest absolute Gasteiger partial charge is 0.309 e. The lowest BCUT2D eigenvalue weighted by atomic mass is 9.91. The van der Waals surface area contributed by atoms with Crippen LogP contribution in [0.25, 0.3) is 0 Å². The number of piperidine rings is 1. The van der Waals surface area contributed by atoms with Gasteiger partial charge in [-0.25, -0.2) is 8.42 Å². The third-order valence-electron chi connectivity index (χ3n) is 6.22. The molecule has 2 aromatic rings. The number of fused-ring (bicyclic) bond motifs is 1. The Morgan fingerprint density at radius 2 is 1.62 bits per heavy atom. The smallest absolute Gasteiger partial charge is 0.243 e. The van der Waals surface area contributed by atoms with Crippen molar-refractivity contribution in [2.75, 3.05) is 18.0 Å². The molecule has 6 heteroatoms. The van der Waals surface area contributed by atoms with E-state index in [0.29, 0.717) is 30.8 Å². The van der Waals surface area contributed by atoms with Gasteiger partial charge in [0.25, 0.3) is 0 Å². The minimum atomic E-state index is -3.50. The Labute approximate surface area is 173 Å². The molecule has 0 N–H and O–H groups in total. The summed E-state index contributed by atoms with van der Waals surface area (Å²) in [4.78, 5) is 15.6. The molecule has 154 valence electrons. The van der Waals surface area contributed by atoms with E-state index in [9.17, 15) is 13.2 Å². The van der Waals surface area contributed by atoms with Crippen molar-refractivity contribution in [3.8, 4) is 0 Å². The SMILES string of the molecule is Cc1ccc(S(=O)(=O)N2CCC(C(=O)N3c4ccccc4CCC3C)CC2)cc1. The zero-order chi connectivity index (χ0) is 20.6. The number of hydrogen-bond donors (Lipinski definition) is 0. The number of carbonyl (C=O) groups is 1. The van der Waals surface area contributed by atoms with Crippen LogP contribution in [0.3, 0.4) is 0 Å². The molecule has 1 atom stereocenters. The van der Waals surface area contributed by atoms with Gasteiger partial charge in [0.2, 0.25) is 15.9 Å². The first-order valence-corrected chi connectivity index (χ1v) is 11.8. The fourth-order valence-electron chi connectivity index (χ4n) is 4.42. The average Bonchev–Trinajstić information content (AvgIpc) is 2.73. The maximum atomic E-state index is 13.3. The topological polar surface area (TPSA) is 57.7 Å². The number of rotatable bonds is 3. The second-order valence-electron chi connectivity index (χ2n) is 8.22. The summed E-state index contributed by atoms with van der Waals surface area (Å²) in [5.41, 5.74) is 3.27. The van der Waals surface area contributed by atoms with E-state index in [1.807, 2.05) is 42.2 Å². The Hall–Kier alpha value is -2.18. The number of sulfonamides is 1. The molecule has 29 heavy (non-hydrogen) atoms. The van der Waals surface area contributed by atoms with Crippen LogP contribution in [0.2, 0.25) is 0 Å². The molecule has 0 bridgehead atoms. The van der Waals surface area contributed by atoms with Crippen LogP contribution in [0.4, 0.5) is 5.69 Å². The fraction of sp³-hybridized carbons (Fsp3) is 0.435. The standard InChI is InChI=1S/C23H28N2O3S/c1-17-7-11-21(12-8-17)29(27,28)24-15-13-20(14-16-24)23(26)25-18(2)9-10-19-5-3-4-6-22(19)25/h3-8,11-12,18,20H,9-10,13-16H2,1-2H3. The van der Waals surface area contributed by atoms with E-state index in [1.54, 1.807) is 12.1 Å². The van der Waals surface area contributed by atoms with Crippen LogP contribution >= 0.6 is 0 Å². The summed E-state index contributed by atoms with van der Waals surface area (Å²) in [7, 11) is -3.50. The Morgan fingerprint density at radius 1 is 0.966 bits per heavy atom. The molecule has 4 rings (SSSR count). The van der Waals surface area contributed by atoms with Crippen LogP contribution in [0.15, 0.2) is 53.4 Å². The summed E-state index contributed by atoms with van der Waals surface area (Å²) in [6, 6.07) is 15.3. The van der Waals surface area contributed by atoms with Crippen molar-refractivity contribution in [2.24, 2.45) is 5.92 Å². The Balaban J connectivity index is 1.47. The summed E-state index contributed by atoms with van der Waals surface area (Å²) >= 11 is 0. The predicted molar refractivity (Wildman–Crippen MR) is 114 cm³/mol. The van der Waals surface area contributed by atoms with Gasteiger partial charge in [0.1, 0.15) is 0 Å². The number of para-hydroxylation sites is 1. The molecule has 2 aliphatic heterocycles. The number of aryl methyl sites for hydroxylation is 2. The van der Waals surface area contributed by atoms with Crippen molar-refractivity contribution in [3.05, 3.63) is 59.7 Å². The molecular formula is C23H28N2O3S. The quantitative estimate of drug-likeness (QED) is 0.771. The van der Waals surface area contributed by atoms with E-state index in [1.165, 1.54) is 9.87 Å². The highest BCUT2D eigenvalue weighted by Crippen LogP contribution is 2.34. The summed E-state index contributed by atoms with van der Waals surface area (Å²) in [6.45, 7) is 4.81. The van der Waals surface area contributed by atoms with Gasteiger partial charge in [-0.1, -0.05) is 35.9 Å². The second-order valence-corrected chi connectivity index (χ2v) is 10.2. The van der Waals surface area contributed by atoms with Crippen molar-refractivity contribution < 1.29 is 13.2 Å². The highest BCUT2D eigenvalue weighted by atomic mass is 32.2. The fourth-order valence-corrected chi connectivity index (χ4v) is 5.89. The average molecular weight is 413 g/mol. The van der Waals surface area contributed by atoms with Gasteiger partial charge in [-0.3, -0.25) is 4.79 Å². The van der Waals surface area contributed by atoms with E-state index in [0.717, 1.165) is 24.1 Å². The van der Waals surface area contributed by atoms with Crippen molar-refractivity contribution in [1.82, 2.24) is 4.31 Å². The second kappa shape index (κ2) is 7.92. The Bertz CT molecular complexity index is 993. The van der Waals surface area contributed by atoms with Gasteiger partial charge < -0.3 is 4.90 Å². The normalized spacial score (nSPS) is 21.0. The molecule has 5 nitrogen and oxygen atoms in total. The molecule has 1 fully saturated rings. The molecule has 2 aromatic carbocycles. The number of benzene rings is 2. The van der Waals surface area contributed by atoms with Gasteiger partial charge in [0.15, 0.2) is 0 Å². The monoisotopic (exact) mass is 412 g/mol. The van der Waals surface area contributed by atoms with Gasteiger partial charge in [-0.05, 0) is 63.3 Å². The van der Waals surface area contributed by atoms with Crippen LogP contribution in [0, 0.1) is 12.8 Å². The van der Waals surface area contributed by atoms with E-state index in [2.05, 4.69) is 13.0 Å². The van der Waals surface area contributed by atoms with Crippen LogP contribution in [0.1, 0.15) is 37.3 Å².